The summed E-state index contributed by atoms with van der Waals surface area (Å²) < 4.78 is 5.96. The predicted octanol–water partition coefficient (Wildman–Crippen LogP) is 5.84. The molecule has 2 aromatic carbocycles. The van der Waals surface area contributed by atoms with Crippen molar-refractivity contribution in [3.05, 3.63) is 63.6 Å². The third-order valence-corrected chi connectivity index (χ3v) is 8.18. The zero-order valence-corrected chi connectivity index (χ0v) is 24.5. The zero-order valence-electron chi connectivity index (χ0n) is 23.0. The minimum absolute atomic E-state index is 0.0555. The first-order valence-electron chi connectivity index (χ1n) is 13.5. The lowest BCUT2D eigenvalue weighted by Crippen LogP contribution is -2.51. The van der Waals surface area contributed by atoms with Crippen LogP contribution in [0.25, 0.3) is 0 Å². The Hall–Kier alpha value is -3.10. The van der Waals surface area contributed by atoms with Crippen molar-refractivity contribution in [3.63, 3.8) is 0 Å². The summed E-state index contributed by atoms with van der Waals surface area (Å²) in [5, 5.41) is 12.2. The Morgan fingerprint density at radius 1 is 1.10 bits per heavy atom. The summed E-state index contributed by atoms with van der Waals surface area (Å²) in [5.41, 5.74) is 0.937. The molecule has 0 aromatic heterocycles. The first-order chi connectivity index (χ1) is 18.9. The molecule has 1 fully saturated rings. The molecule has 1 saturated carbocycles. The van der Waals surface area contributed by atoms with Crippen LogP contribution < -0.4 is 10.1 Å². The smallest absolute Gasteiger partial charge is 0.305 e. The number of aliphatic imine (C=N–C) groups is 1. The second kappa shape index (κ2) is 12.2. The molecular weight excluding hydrogens is 553 g/mol. The van der Waals surface area contributed by atoms with E-state index in [2.05, 4.69) is 26.1 Å². The highest BCUT2D eigenvalue weighted by Crippen LogP contribution is 2.46. The number of carbonyl (C=O) groups excluding carboxylic acids is 2. The molecule has 0 unspecified atom stereocenters. The van der Waals surface area contributed by atoms with Crippen LogP contribution in [0.5, 0.6) is 5.75 Å². The van der Waals surface area contributed by atoms with E-state index in [0.29, 0.717) is 45.1 Å². The molecule has 1 aliphatic carbocycles. The number of ether oxygens (including phenoxy) is 1. The summed E-state index contributed by atoms with van der Waals surface area (Å²) >= 11 is 12.5. The molecule has 2 amide bonds. The van der Waals surface area contributed by atoms with Crippen LogP contribution in [0.15, 0.2) is 47.5 Å². The molecule has 8 nitrogen and oxygen atoms in total. The minimum Gasteiger partial charge on any atom is -0.492 e. The number of rotatable bonds is 9. The van der Waals surface area contributed by atoms with Crippen molar-refractivity contribution in [2.24, 2.45) is 16.3 Å². The van der Waals surface area contributed by atoms with E-state index < -0.39 is 11.6 Å². The molecule has 214 valence electrons. The number of carboxylic acid groups (broad SMARTS) is 1. The topological polar surface area (TPSA) is 108 Å². The summed E-state index contributed by atoms with van der Waals surface area (Å²) in [6, 6.07) is 11.7. The normalized spacial score (nSPS) is 20.9. The number of carbonyl (C=O) groups is 3. The van der Waals surface area contributed by atoms with Crippen LogP contribution in [-0.2, 0) is 9.59 Å². The lowest BCUT2D eigenvalue weighted by molar-refractivity contribution is -0.136. The number of nitrogens with zero attached hydrogens (tertiary/aromatic N) is 2. The molecule has 0 radical (unpaired) electrons. The SMILES string of the molecule is CC(C)(C)C1CCC2(CC1)N=C(c1cc(Cl)cc(Cl)c1)C(=O)N2CCOc1ccc(C(=O)NCCC(=O)O)cc1. The summed E-state index contributed by atoms with van der Waals surface area (Å²) in [4.78, 5) is 43.4. The fraction of sp³-hybridized carbons (Fsp3) is 0.467. The van der Waals surface area contributed by atoms with Crippen LogP contribution in [0.3, 0.4) is 0 Å². The molecule has 40 heavy (non-hydrogen) atoms. The number of hydrogen-bond acceptors (Lipinski definition) is 5. The van der Waals surface area contributed by atoms with Crippen molar-refractivity contribution in [3.8, 4) is 5.75 Å². The van der Waals surface area contributed by atoms with E-state index in [9.17, 15) is 14.4 Å². The van der Waals surface area contributed by atoms with Gasteiger partial charge in [-0.25, -0.2) is 0 Å². The van der Waals surface area contributed by atoms with Gasteiger partial charge in [-0.3, -0.25) is 19.4 Å². The average Bonchev–Trinajstić information content (AvgIpc) is 3.14. The van der Waals surface area contributed by atoms with Crippen molar-refractivity contribution < 1.29 is 24.2 Å². The Labute approximate surface area is 244 Å². The molecule has 1 spiro atoms. The van der Waals surface area contributed by atoms with Gasteiger partial charge in [-0.05, 0) is 79.5 Å². The predicted molar refractivity (Wildman–Crippen MR) is 155 cm³/mol. The van der Waals surface area contributed by atoms with E-state index in [4.69, 9.17) is 38.0 Å². The van der Waals surface area contributed by atoms with Gasteiger partial charge < -0.3 is 20.1 Å². The van der Waals surface area contributed by atoms with Gasteiger partial charge in [-0.2, -0.15) is 0 Å². The van der Waals surface area contributed by atoms with E-state index in [1.165, 1.54) is 0 Å². The Bertz CT molecular complexity index is 1280. The first kappa shape index (κ1) is 29.9. The average molecular weight is 589 g/mol. The van der Waals surface area contributed by atoms with Gasteiger partial charge in [0.05, 0.1) is 13.0 Å². The highest BCUT2D eigenvalue weighted by molar-refractivity contribution is 6.47. The van der Waals surface area contributed by atoms with Gasteiger partial charge >= 0.3 is 5.97 Å². The fourth-order valence-electron chi connectivity index (χ4n) is 5.49. The maximum absolute atomic E-state index is 13.7. The summed E-state index contributed by atoms with van der Waals surface area (Å²) in [6.07, 6.45) is 3.33. The van der Waals surface area contributed by atoms with Crippen molar-refractivity contribution in [1.29, 1.82) is 0 Å². The maximum Gasteiger partial charge on any atom is 0.305 e. The highest BCUT2D eigenvalue weighted by atomic mass is 35.5. The second-order valence-corrected chi connectivity index (χ2v) is 12.3. The highest BCUT2D eigenvalue weighted by Gasteiger charge is 2.50. The van der Waals surface area contributed by atoms with Crippen LogP contribution in [0, 0.1) is 11.3 Å². The van der Waals surface area contributed by atoms with Gasteiger partial charge in [-0.15, -0.1) is 0 Å². The Morgan fingerprint density at radius 2 is 1.73 bits per heavy atom. The Morgan fingerprint density at radius 3 is 2.30 bits per heavy atom. The van der Waals surface area contributed by atoms with Gasteiger partial charge in [0.1, 0.15) is 23.7 Å². The number of nitrogens with one attached hydrogen (secondary N) is 1. The van der Waals surface area contributed by atoms with E-state index in [1.807, 2.05) is 4.90 Å². The zero-order chi connectivity index (χ0) is 29.1. The van der Waals surface area contributed by atoms with Crippen molar-refractivity contribution in [1.82, 2.24) is 10.2 Å². The van der Waals surface area contributed by atoms with Crippen molar-refractivity contribution in [2.45, 2.75) is 58.5 Å². The second-order valence-electron chi connectivity index (χ2n) is 11.5. The van der Waals surface area contributed by atoms with Crippen molar-refractivity contribution in [2.75, 3.05) is 19.7 Å². The minimum atomic E-state index is -0.974. The van der Waals surface area contributed by atoms with Crippen molar-refractivity contribution >= 4 is 46.7 Å². The van der Waals surface area contributed by atoms with Gasteiger partial charge in [0.25, 0.3) is 11.8 Å². The van der Waals surface area contributed by atoms with Crippen LogP contribution in [0.2, 0.25) is 10.0 Å². The molecule has 2 aromatic rings. The van der Waals surface area contributed by atoms with Crippen LogP contribution in [0.1, 0.15) is 68.8 Å². The largest absolute Gasteiger partial charge is 0.492 e. The van der Waals surface area contributed by atoms with E-state index in [1.54, 1.807) is 42.5 Å². The maximum atomic E-state index is 13.7. The molecule has 2 N–H and O–H groups in total. The molecule has 0 atom stereocenters. The third-order valence-electron chi connectivity index (χ3n) is 7.74. The molecular formula is C30H35Cl2N3O5. The number of aliphatic carboxylic acids is 1. The standard InChI is InChI=1S/C30H35Cl2N3O5/c1-29(2,3)21-8-11-30(12-9-21)34-26(20-16-22(31)18-23(32)17-20)28(39)35(30)14-15-40-24-6-4-19(5-7-24)27(38)33-13-10-25(36)37/h4-7,16-18,21H,8-15H2,1-3H3,(H,33,38)(H,36,37). The molecule has 4 rings (SSSR count). The number of carboxylic acids is 1. The number of hydrogen-bond donors (Lipinski definition) is 2. The van der Waals surface area contributed by atoms with Crippen LogP contribution in [-0.4, -0.2) is 58.9 Å². The Kier molecular flexibility index (Phi) is 9.10. The molecule has 0 bridgehead atoms. The van der Waals surface area contributed by atoms with E-state index >= 15 is 0 Å². The monoisotopic (exact) mass is 587 g/mol. The summed E-state index contributed by atoms with van der Waals surface area (Å²) in [7, 11) is 0. The van der Waals surface area contributed by atoms with Crippen LogP contribution >= 0.6 is 23.2 Å². The summed E-state index contributed by atoms with van der Waals surface area (Å²) in [6.45, 7) is 7.43. The van der Waals surface area contributed by atoms with Gasteiger partial charge in [0.2, 0.25) is 0 Å². The molecule has 0 saturated heterocycles. The number of benzene rings is 2. The quantitative estimate of drug-likeness (QED) is 0.383. The fourth-order valence-corrected chi connectivity index (χ4v) is 6.02. The molecule has 1 aliphatic heterocycles. The van der Waals surface area contributed by atoms with Gasteiger partial charge in [-0.1, -0.05) is 44.0 Å². The third kappa shape index (κ3) is 6.96. The number of halogens is 2. The molecule has 2 aliphatic rings. The van der Waals surface area contributed by atoms with E-state index in [-0.39, 0.29) is 36.8 Å². The lowest BCUT2D eigenvalue weighted by Gasteiger charge is -2.44. The molecule has 10 heteroatoms. The summed E-state index contributed by atoms with van der Waals surface area (Å²) in [5.74, 6) is -0.384. The molecule has 1 heterocycles. The number of amides is 2. The van der Waals surface area contributed by atoms with E-state index in [0.717, 1.165) is 25.7 Å². The van der Waals surface area contributed by atoms with Gasteiger partial charge in [0, 0.05) is 27.7 Å². The first-order valence-corrected chi connectivity index (χ1v) is 14.2. The van der Waals surface area contributed by atoms with Gasteiger partial charge in [0.15, 0.2) is 0 Å². The lowest BCUT2D eigenvalue weighted by atomic mass is 9.69. The van der Waals surface area contributed by atoms with Crippen LogP contribution in [0.4, 0.5) is 0 Å². The Balaban J connectivity index is 1.45.